The highest BCUT2D eigenvalue weighted by atomic mass is 32.2. The monoisotopic (exact) mass is 655 g/mol. The SMILES string of the molecule is O=C(OC12CC3CC(OC(=O)C(F)(F)S(=O)(=O)[O-])(C1)CC(OC(=O)C(F)(F)S(=O)(=O)[O-])(C3)C2)C(F)(F)SOO[O-]. The Kier molecular flexibility index (Phi) is 7.98. The molecule has 2 unspecified atom stereocenters. The first kappa shape index (κ1) is 32.6. The summed E-state index contributed by atoms with van der Waals surface area (Å²) in [6.45, 7) is 0. The summed E-state index contributed by atoms with van der Waals surface area (Å²) in [5, 5.41) is -3.68. The second kappa shape index (κ2) is 9.81. The first-order valence-corrected chi connectivity index (χ1v) is 13.8. The molecule has 15 nitrogen and oxygen atoms in total. The zero-order chi connectivity index (χ0) is 30.8. The van der Waals surface area contributed by atoms with E-state index in [9.17, 15) is 71.9 Å². The first-order valence-electron chi connectivity index (χ1n) is 10.2. The number of hydrogen-bond donors (Lipinski definition) is 0. The van der Waals surface area contributed by atoms with E-state index in [-0.39, 0.29) is 0 Å². The third kappa shape index (κ3) is 5.84. The fourth-order valence-electron chi connectivity index (χ4n) is 5.58. The zero-order valence-corrected chi connectivity index (χ0v) is 21.4. The number of hydrogen-bond acceptors (Lipinski definition) is 16. The molecule has 24 heteroatoms. The smallest absolute Gasteiger partial charge is 0.428 e. The van der Waals surface area contributed by atoms with Gasteiger partial charge >= 0.3 is 33.7 Å². The molecule has 0 aromatic heterocycles. The van der Waals surface area contributed by atoms with Gasteiger partial charge in [0.2, 0.25) is 0 Å². The number of ether oxygens (including phenoxy) is 3. The van der Waals surface area contributed by atoms with E-state index in [0.717, 1.165) is 0 Å². The van der Waals surface area contributed by atoms with Crippen molar-refractivity contribution in [3.63, 3.8) is 0 Å². The molecule has 4 rings (SSSR count). The fraction of sp³-hybridized carbons (Fsp3) is 0.812. The molecule has 0 aromatic carbocycles. The molecule has 0 spiro atoms. The van der Waals surface area contributed by atoms with Gasteiger partial charge in [-0.1, -0.05) is 0 Å². The maximum Gasteiger partial charge on any atom is 0.428 e. The van der Waals surface area contributed by atoms with Crippen molar-refractivity contribution in [1.29, 1.82) is 0 Å². The molecule has 2 atom stereocenters. The zero-order valence-electron chi connectivity index (χ0n) is 18.9. The molecular formula is C16H13F6O15S3-3. The van der Waals surface area contributed by atoms with Gasteiger partial charge in [-0.3, -0.25) is 5.04 Å². The number of esters is 3. The van der Waals surface area contributed by atoms with E-state index in [4.69, 9.17) is 4.74 Å². The number of halogens is 6. The number of carbonyl (C=O) groups excluding carboxylic acids is 3. The minimum absolute atomic E-state index is 0.497. The average Bonchev–Trinajstić information content (AvgIpc) is 2.74. The molecule has 0 amide bonds. The van der Waals surface area contributed by atoms with Crippen LogP contribution in [0.15, 0.2) is 0 Å². The summed E-state index contributed by atoms with van der Waals surface area (Å²) in [4.78, 5) is 36.2. The Morgan fingerprint density at radius 3 is 1.32 bits per heavy atom. The molecule has 0 heterocycles. The quantitative estimate of drug-likeness (QED) is 0.0522. The van der Waals surface area contributed by atoms with E-state index >= 15 is 0 Å². The highest BCUT2D eigenvalue weighted by Gasteiger charge is 2.71. The van der Waals surface area contributed by atoms with Crippen LogP contribution in [0.2, 0.25) is 0 Å². The first-order chi connectivity index (χ1) is 17.9. The molecule has 0 N–H and O–H groups in total. The van der Waals surface area contributed by atoms with Crippen LogP contribution in [-0.4, -0.2) is 76.4 Å². The van der Waals surface area contributed by atoms with E-state index in [1.807, 2.05) is 0 Å². The Bertz CT molecular complexity index is 1230. The van der Waals surface area contributed by atoms with Crippen molar-refractivity contribution in [1.82, 2.24) is 0 Å². The molecule has 4 bridgehead atoms. The average molecular weight is 655 g/mol. The van der Waals surface area contributed by atoms with Crippen LogP contribution in [0.5, 0.6) is 0 Å². The van der Waals surface area contributed by atoms with Crippen LogP contribution >= 0.6 is 12.0 Å². The lowest BCUT2D eigenvalue weighted by Gasteiger charge is -2.63. The molecule has 230 valence electrons. The molecule has 4 saturated carbocycles. The van der Waals surface area contributed by atoms with Crippen LogP contribution in [0, 0.1) is 5.92 Å². The van der Waals surface area contributed by atoms with Crippen LogP contribution in [0.3, 0.4) is 0 Å². The highest BCUT2D eigenvalue weighted by molar-refractivity contribution is 7.96. The predicted octanol–water partition coefficient (Wildman–Crippen LogP) is -0.430. The maximum atomic E-state index is 14.0. The standard InChI is InChI=1S/C16H16F6O15S3/c17-14(18,38-37-36-26)8(23)33-11-1-7-2-12(4-11,34-9(24)15(19,20)39(27,28)29)6-13(3-7,5-11)35-10(25)16(21,22)40(30,31)32/h7,26H,1-6H2,(H,27,28,29)(H,30,31,32)/p-3. The Morgan fingerprint density at radius 1 is 0.700 bits per heavy atom. The summed E-state index contributed by atoms with van der Waals surface area (Å²) in [5.41, 5.74) is -7.53. The molecule has 4 fully saturated rings. The summed E-state index contributed by atoms with van der Waals surface area (Å²) in [6, 6.07) is 0. The van der Waals surface area contributed by atoms with E-state index < -0.39 is 127 Å². The Balaban J connectivity index is 2.04. The molecule has 0 saturated heterocycles. The summed E-state index contributed by atoms with van der Waals surface area (Å²) in [6.07, 6.45) is -4.75. The number of carbonyl (C=O) groups is 3. The minimum Gasteiger partial charge on any atom is -0.743 e. The van der Waals surface area contributed by atoms with Crippen LogP contribution in [0.25, 0.3) is 0 Å². The molecule has 4 aliphatic carbocycles. The van der Waals surface area contributed by atoms with E-state index in [1.54, 1.807) is 0 Å². The fourth-order valence-corrected chi connectivity index (χ4v) is 6.30. The van der Waals surface area contributed by atoms with Crippen molar-refractivity contribution in [3.05, 3.63) is 0 Å². The second-order valence-electron chi connectivity index (χ2n) is 9.40. The Morgan fingerprint density at radius 2 is 1.02 bits per heavy atom. The van der Waals surface area contributed by atoms with Crippen LogP contribution in [0.4, 0.5) is 26.3 Å². The van der Waals surface area contributed by atoms with Crippen LogP contribution < -0.4 is 5.26 Å². The van der Waals surface area contributed by atoms with Gasteiger partial charge < -0.3 is 28.6 Å². The molecule has 40 heavy (non-hydrogen) atoms. The Hall–Kier alpha value is -1.96. The number of alkyl halides is 6. The topological polar surface area (TPSA) is 235 Å². The van der Waals surface area contributed by atoms with Gasteiger partial charge in [0, 0.05) is 19.3 Å². The normalized spacial score (nSPS) is 30.6. The predicted molar refractivity (Wildman–Crippen MR) is 102 cm³/mol. The van der Waals surface area contributed by atoms with Gasteiger partial charge in [0.1, 0.15) is 28.8 Å². The summed E-state index contributed by atoms with van der Waals surface area (Å²) >= 11 is -1.17. The van der Waals surface area contributed by atoms with Gasteiger partial charge in [0.05, 0.1) is 0 Å². The largest absolute Gasteiger partial charge is 0.743 e. The third-order valence-electron chi connectivity index (χ3n) is 6.35. The molecule has 0 radical (unpaired) electrons. The molecule has 0 aliphatic heterocycles. The van der Waals surface area contributed by atoms with Gasteiger partial charge in [0.25, 0.3) is 0 Å². The van der Waals surface area contributed by atoms with Gasteiger partial charge in [-0.25, -0.2) is 31.2 Å². The summed E-state index contributed by atoms with van der Waals surface area (Å²) in [5.74, 6) is -9.68. The lowest BCUT2D eigenvalue weighted by atomic mass is 9.50. The van der Waals surface area contributed by atoms with E-state index in [1.165, 1.54) is 0 Å². The van der Waals surface area contributed by atoms with Gasteiger partial charge in [-0.2, -0.15) is 30.7 Å². The maximum absolute atomic E-state index is 14.0. The van der Waals surface area contributed by atoms with Crippen molar-refractivity contribution in [3.8, 4) is 0 Å². The lowest BCUT2D eigenvalue weighted by molar-refractivity contribution is -0.777. The highest BCUT2D eigenvalue weighted by Crippen LogP contribution is 2.64. The summed E-state index contributed by atoms with van der Waals surface area (Å²) in [7, 11) is -13.4. The van der Waals surface area contributed by atoms with Crippen molar-refractivity contribution >= 4 is 50.2 Å². The van der Waals surface area contributed by atoms with Crippen molar-refractivity contribution in [2.45, 2.75) is 71.1 Å². The van der Waals surface area contributed by atoms with Gasteiger partial charge in [-0.15, -0.1) is 0 Å². The van der Waals surface area contributed by atoms with Crippen LogP contribution in [-0.2, 0) is 58.2 Å². The van der Waals surface area contributed by atoms with Crippen LogP contribution in [0.1, 0.15) is 38.5 Å². The Labute approximate surface area is 222 Å². The molecule has 0 aromatic rings. The van der Waals surface area contributed by atoms with Gasteiger partial charge in [-0.05, 0) is 25.2 Å². The van der Waals surface area contributed by atoms with Crippen molar-refractivity contribution < 1.29 is 95.5 Å². The lowest BCUT2D eigenvalue weighted by Crippen LogP contribution is -2.70. The molecule has 4 aliphatic rings. The van der Waals surface area contributed by atoms with Crippen molar-refractivity contribution in [2.24, 2.45) is 5.92 Å². The van der Waals surface area contributed by atoms with E-state index in [2.05, 4.69) is 18.8 Å². The summed E-state index contributed by atoms with van der Waals surface area (Å²) < 4.78 is 166. The minimum atomic E-state index is -6.70. The second-order valence-corrected chi connectivity index (χ2v) is 13.1. The third-order valence-corrected chi connectivity index (χ3v) is 8.44. The van der Waals surface area contributed by atoms with E-state index in [0.29, 0.717) is 0 Å². The van der Waals surface area contributed by atoms with Gasteiger partial charge in [0.15, 0.2) is 20.2 Å². The van der Waals surface area contributed by atoms with Crippen molar-refractivity contribution in [2.75, 3.05) is 0 Å². The molecular weight excluding hydrogens is 642 g/mol. The number of rotatable bonds is 11.